The maximum Gasteiger partial charge on any atom is 0.176 e. The summed E-state index contributed by atoms with van der Waals surface area (Å²) in [4.78, 5) is 11.6. The summed E-state index contributed by atoms with van der Waals surface area (Å²) in [7, 11) is 0. The minimum atomic E-state index is 0.0907. The van der Waals surface area contributed by atoms with Gasteiger partial charge in [0, 0.05) is 12.2 Å². The van der Waals surface area contributed by atoms with Crippen LogP contribution in [0.5, 0.6) is 0 Å². The summed E-state index contributed by atoms with van der Waals surface area (Å²) in [5, 5.41) is 11.5. The van der Waals surface area contributed by atoms with Crippen molar-refractivity contribution in [2.24, 2.45) is 0 Å². The predicted octanol–water partition coefficient (Wildman–Crippen LogP) is 1.15. The standard InChI is InChI=1S/C12H17NO2/c1-10-3-5-11(6-4-10)12(15)9-13-7-2-8-14/h3-6,13-14H,2,7-9H2,1H3. The number of benzene rings is 1. The maximum atomic E-state index is 11.6. The zero-order valence-corrected chi connectivity index (χ0v) is 8.99. The first-order valence-electron chi connectivity index (χ1n) is 5.15. The van der Waals surface area contributed by atoms with Crippen LogP contribution in [-0.2, 0) is 0 Å². The van der Waals surface area contributed by atoms with Gasteiger partial charge in [-0.2, -0.15) is 0 Å². The monoisotopic (exact) mass is 207 g/mol. The molecule has 15 heavy (non-hydrogen) atoms. The lowest BCUT2D eigenvalue weighted by atomic mass is 10.1. The van der Waals surface area contributed by atoms with Crippen LogP contribution in [0.4, 0.5) is 0 Å². The summed E-state index contributed by atoms with van der Waals surface area (Å²) < 4.78 is 0. The Labute approximate surface area is 90.1 Å². The van der Waals surface area contributed by atoms with Crippen molar-refractivity contribution in [3.05, 3.63) is 35.4 Å². The van der Waals surface area contributed by atoms with Crippen molar-refractivity contribution < 1.29 is 9.90 Å². The summed E-state index contributed by atoms with van der Waals surface area (Å²) in [6.45, 7) is 3.16. The van der Waals surface area contributed by atoms with Crippen LogP contribution in [-0.4, -0.2) is 30.6 Å². The number of ketones is 1. The predicted molar refractivity (Wildman–Crippen MR) is 60.1 cm³/mol. The Morgan fingerprint density at radius 2 is 2.00 bits per heavy atom. The quantitative estimate of drug-likeness (QED) is 0.543. The summed E-state index contributed by atoms with van der Waals surface area (Å²) in [5.41, 5.74) is 1.89. The minimum absolute atomic E-state index is 0.0907. The molecule has 0 aliphatic carbocycles. The van der Waals surface area contributed by atoms with E-state index in [0.717, 1.165) is 11.1 Å². The molecule has 2 N–H and O–H groups in total. The third-order valence-corrected chi connectivity index (χ3v) is 2.17. The van der Waals surface area contributed by atoms with E-state index in [-0.39, 0.29) is 12.4 Å². The van der Waals surface area contributed by atoms with E-state index < -0.39 is 0 Å². The second-order valence-electron chi connectivity index (χ2n) is 3.54. The largest absolute Gasteiger partial charge is 0.396 e. The van der Waals surface area contributed by atoms with Crippen molar-refractivity contribution >= 4 is 5.78 Å². The van der Waals surface area contributed by atoms with E-state index in [0.29, 0.717) is 19.5 Å². The molecule has 0 radical (unpaired) electrons. The SMILES string of the molecule is Cc1ccc(C(=O)CNCCCO)cc1. The first kappa shape index (κ1) is 11.9. The summed E-state index contributed by atoms with van der Waals surface area (Å²) >= 11 is 0. The van der Waals surface area contributed by atoms with Crippen molar-refractivity contribution in [1.82, 2.24) is 5.32 Å². The van der Waals surface area contributed by atoms with Crippen LogP contribution in [0, 0.1) is 6.92 Å². The van der Waals surface area contributed by atoms with E-state index in [1.54, 1.807) is 0 Å². The highest BCUT2D eigenvalue weighted by molar-refractivity contribution is 5.97. The minimum Gasteiger partial charge on any atom is -0.396 e. The second-order valence-corrected chi connectivity index (χ2v) is 3.54. The highest BCUT2D eigenvalue weighted by atomic mass is 16.3. The molecule has 0 aliphatic rings. The molecule has 0 aromatic heterocycles. The number of Topliss-reactive ketones (excluding diaryl/α,β-unsaturated/α-hetero) is 1. The number of carbonyl (C=O) groups excluding carboxylic acids is 1. The Bertz CT molecular complexity index is 306. The molecule has 3 nitrogen and oxygen atoms in total. The van der Waals surface area contributed by atoms with Crippen LogP contribution in [0.3, 0.4) is 0 Å². The van der Waals surface area contributed by atoms with Crippen molar-refractivity contribution in [3.63, 3.8) is 0 Å². The van der Waals surface area contributed by atoms with Crippen LogP contribution in [0.1, 0.15) is 22.3 Å². The molecule has 1 aromatic carbocycles. The molecule has 0 fully saturated rings. The third-order valence-electron chi connectivity index (χ3n) is 2.17. The molecule has 0 heterocycles. The Morgan fingerprint density at radius 3 is 2.60 bits per heavy atom. The van der Waals surface area contributed by atoms with Gasteiger partial charge >= 0.3 is 0 Å². The fourth-order valence-electron chi connectivity index (χ4n) is 1.25. The number of aliphatic hydroxyl groups excluding tert-OH is 1. The normalized spacial score (nSPS) is 10.3. The Balaban J connectivity index is 2.37. The van der Waals surface area contributed by atoms with Crippen molar-refractivity contribution in [2.45, 2.75) is 13.3 Å². The maximum absolute atomic E-state index is 11.6. The molecule has 3 heteroatoms. The molecule has 0 amide bonds. The number of aliphatic hydroxyl groups is 1. The number of hydrogen-bond acceptors (Lipinski definition) is 3. The highest BCUT2D eigenvalue weighted by Crippen LogP contribution is 2.03. The van der Waals surface area contributed by atoms with Crippen LogP contribution >= 0.6 is 0 Å². The van der Waals surface area contributed by atoms with Gasteiger partial charge in [-0.1, -0.05) is 29.8 Å². The zero-order chi connectivity index (χ0) is 11.1. The van der Waals surface area contributed by atoms with E-state index in [1.807, 2.05) is 31.2 Å². The number of aryl methyl sites for hydroxylation is 1. The van der Waals surface area contributed by atoms with E-state index in [2.05, 4.69) is 5.32 Å². The van der Waals surface area contributed by atoms with E-state index in [4.69, 9.17) is 5.11 Å². The lowest BCUT2D eigenvalue weighted by molar-refractivity contribution is 0.0990. The van der Waals surface area contributed by atoms with Gasteiger partial charge in [0.1, 0.15) is 0 Å². The highest BCUT2D eigenvalue weighted by Gasteiger charge is 2.03. The molecular weight excluding hydrogens is 190 g/mol. The van der Waals surface area contributed by atoms with Crippen LogP contribution < -0.4 is 5.32 Å². The molecule has 0 saturated heterocycles. The lowest BCUT2D eigenvalue weighted by Gasteiger charge is -2.03. The average Bonchev–Trinajstić information content (AvgIpc) is 2.25. The Morgan fingerprint density at radius 1 is 1.33 bits per heavy atom. The molecule has 0 saturated carbocycles. The van der Waals surface area contributed by atoms with Crippen LogP contribution in [0.25, 0.3) is 0 Å². The van der Waals surface area contributed by atoms with Crippen molar-refractivity contribution in [1.29, 1.82) is 0 Å². The fraction of sp³-hybridized carbons (Fsp3) is 0.417. The van der Waals surface area contributed by atoms with Gasteiger partial charge < -0.3 is 10.4 Å². The molecule has 0 aliphatic heterocycles. The molecule has 1 rings (SSSR count). The van der Waals surface area contributed by atoms with Crippen molar-refractivity contribution in [2.75, 3.05) is 19.7 Å². The van der Waals surface area contributed by atoms with E-state index in [9.17, 15) is 4.79 Å². The fourth-order valence-corrected chi connectivity index (χ4v) is 1.25. The number of nitrogens with one attached hydrogen (secondary N) is 1. The van der Waals surface area contributed by atoms with Crippen molar-refractivity contribution in [3.8, 4) is 0 Å². The molecule has 0 spiro atoms. The van der Waals surface area contributed by atoms with Gasteiger partial charge in [-0.25, -0.2) is 0 Å². The van der Waals surface area contributed by atoms with E-state index >= 15 is 0 Å². The number of hydrogen-bond donors (Lipinski definition) is 2. The second kappa shape index (κ2) is 6.32. The zero-order valence-electron chi connectivity index (χ0n) is 8.99. The molecule has 1 aromatic rings. The molecule has 82 valence electrons. The molecule has 0 unspecified atom stereocenters. The topological polar surface area (TPSA) is 49.3 Å². The molecule has 0 bridgehead atoms. The smallest absolute Gasteiger partial charge is 0.176 e. The summed E-state index contributed by atoms with van der Waals surface area (Å²) in [5.74, 6) is 0.0907. The Hall–Kier alpha value is -1.19. The number of carbonyl (C=O) groups is 1. The first-order valence-corrected chi connectivity index (χ1v) is 5.15. The summed E-state index contributed by atoms with van der Waals surface area (Å²) in [6, 6.07) is 7.54. The van der Waals surface area contributed by atoms with Gasteiger partial charge in [0.25, 0.3) is 0 Å². The van der Waals surface area contributed by atoms with Crippen LogP contribution in [0.2, 0.25) is 0 Å². The third kappa shape index (κ3) is 4.23. The Kier molecular flexibility index (Phi) is 5.01. The van der Waals surface area contributed by atoms with Gasteiger partial charge in [-0.3, -0.25) is 4.79 Å². The number of rotatable bonds is 6. The van der Waals surface area contributed by atoms with Gasteiger partial charge in [0.05, 0.1) is 6.54 Å². The average molecular weight is 207 g/mol. The van der Waals surface area contributed by atoms with E-state index in [1.165, 1.54) is 0 Å². The van der Waals surface area contributed by atoms with Crippen LogP contribution in [0.15, 0.2) is 24.3 Å². The lowest BCUT2D eigenvalue weighted by Crippen LogP contribution is -2.24. The van der Waals surface area contributed by atoms with Gasteiger partial charge in [0.15, 0.2) is 5.78 Å². The van der Waals surface area contributed by atoms with Gasteiger partial charge in [-0.15, -0.1) is 0 Å². The molecule has 0 atom stereocenters. The first-order chi connectivity index (χ1) is 7.24. The summed E-state index contributed by atoms with van der Waals surface area (Å²) in [6.07, 6.45) is 0.682. The van der Waals surface area contributed by atoms with Gasteiger partial charge in [0.2, 0.25) is 0 Å². The van der Waals surface area contributed by atoms with Gasteiger partial charge in [-0.05, 0) is 19.9 Å². The molecular formula is C12H17NO2.